The predicted molar refractivity (Wildman–Crippen MR) is 107 cm³/mol. The van der Waals surface area contributed by atoms with Gasteiger partial charge in [-0.3, -0.25) is 18.7 Å². The first-order valence-electron chi connectivity index (χ1n) is 9.90. The van der Waals surface area contributed by atoms with E-state index < -0.39 is 49.3 Å². The Balaban J connectivity index is 2.51. The van der Waals surface area contributed by atoms with Gasteiger partial charge in [0.1, 0.15) is 0 Å². The van der Waals surface area contributed by atoms with Crippen molar-refractivity contribution in [2.24, 2.45) is 10.8 Å². The van der Waals surface area contributed by atoms with Gasteiger partial charge in [0, 0.05) is 10.8 Å². The average molecular weight is 470 g/mol. The standard InChI is InChI=1S/C18H32O10P2/c1-7-23-15(19)13(29(21)25-9-17(3,4)10-26-29)14(16(20)24-8-2)30(22)27-11-18(5,6)12-28-30/h13-14H,7-12H2,1-6H3. The minimum Gasteiger partial charge on any atom is -0.465 e. The van der Waals surface area contributed by atoms with Crippen LogP contribution < -0.4 is 0 Å². The van der Waals surface area contributed by atoms with Crippen LogP contribution in [0, 0.1) is 10.8 Å². The van der Waals surface area contributed by atoms with E-state index in [4.69, 9.17) is 27.6 Å². The second-order valence-corrected chi connectivity index (χ2v) is 13.2. The molecule has 0 amide bonds. The molecule has 0 radical (unpaired) electrons. The first-order chi connectivity index (χ1) is 13.8. The number of hydrogen-bond acceptors (Lipinski definition) is 10. The minimum atomic E-state index is -4.27. The van der Waals surface area contributed by atoms with Crippen LogP contribution >= 0.6 is 15.2 Å². The maximum Gasteiger partial charge on any atom is 0.346 e. The van der Waals surface area contributed by atoms with Gasteiger partial charge in [-0.2, -0.15) is 0 Å². The lowest BCUT2D eigenvalue weighted by Crippen LogP contribution is -2.47. The number of rotatable bonds is 7. The largest absolute Gasteiger partial charge is 0.465 e. The molecular formula is C18H32O10P2. The molecule has 0 aromatic carbocycles. The molecular weight excluding hydrogens is 438 g/mol. The van der Waals surface area contributed by atoms with Crippen LogP contribution in [0.4, 0.5) is 0 Å². The minimum absolute atomic E-state index is 0.00871. The third-order valence-electron chi connectivity index (χ3n) is 4.58. The third kappa shape index (κ3) is 5.72. The van der Waals surface area contributed by atoms with Crippen molar-refractivity contribution in [1.29, 1.82) is 0 Å². The highest BCUT2D eigenvalue weighted by Gasteiger charge is 2.62. The van der Waals surface area contributed by atoms with Gasteiger partial charge in [-0.1, -0.05) is 27.7 Å². The highest BCUT2D eigenvalue weighted by atomic mass is 31.2. The lowest BCUT2D eigenvalue weighted by Gasteiger charge is -2.41. The zero-order chi connectivity index (χ0) is 22.8. The lowest BCUT2D eigenvalue weighted by atomic mass is 9.97. The third-order valence-corrected chi connectivity index (χ3v) is 9.15. The van der Waals surface area contributed by atoms with Gasteiger partial charge >= 0.3 is 27.1 Å². The molecule has 0 spiro atoms. The van der Waals surface area contributed by atoms with Crippen LogP contribution in [0.2, 0.25) is 0 Å². The Hall–Kier alpha value is -0.760. The highest BCUT2D eigenvalue weighted by molar-refractivity contribution is 7.60. The predicted octanol–water partition coefficient (Wildman–Crippen LogP) is 3.38. The molecule has 2 unspecified atom stereocenters. The summed E-state index contributed by atoms with van der Waals surface area (Å²) < 4.78 is 59.3. The van der Waals surface area contributed by atoms with Crippen molar-refractivity contribution in [2.45, 2.75) is 52.9 Å². The summed E-state index contributed by atoms with van der Waals surface area (Å²) in [6.45, 7) is 10.3. The summed E-state index contributed by atoms with van der Waals surface area (Å²) in [7, 11) is -8.54. The Bertz CT molecular complexity index is 657. The molecule has 2 saturated heterocycles. The molecule has 2 heterocycles. The van der Waals surface area contributed by atoms with Gasteiger partial charge in [0.15, 0.2) is 11.3 Å². The summed E-state index contributed by atoms with van der Waals surface area (Å²) in [5.41, 5.74) is -4.61. The van der Waals surface area contributed by atoms with Crippen LogP contribution in [0.1, 0.15) is 41.5 Å². The van der Waals surface area contributed by atoms with Crippen LogP contribution in [-0.4, -0.2) is 62.9 Å². The molecule has 2 fully saturated rings. The first kappa shape index (κ1) is 25.5. The molecule has 30 heavy (non-hydrogen) atoms. The summed E-state index contributed by atoms with van der Waals surface area (Å²) in [6, 6.07) is 0. The van der Waals surface area contributed by atoms with Gasteiger partial charge in [0.25, 0.3) is 0 Å². The molecule has 0 bridgehead atoms. The van der Waals surface area contributed by atoms with Crippen LogP contribution in [-0.2, 0) is 46.3 Å². The van der Waals surface area contributed by atoms with Crippen LogP contribution in [0.5, 0.6) is 0 Å². The van der Waals surface area contributed by atoms with Crippen LogP contribution in [0.15, 0.2) is 0 Å². The number of carbonyl (C=O) groups excluding carboxylic acids is 2. The van der Waals surface area contributed by atoms with Gasteiger partial charge in [0.05, 0.1) is 39.6 Å². The van der Waals surface area contributed by atoms with Gasteiger partial charge in [-0.05, 0) is 13.8 Å². The molecule has 10 nitrogen and oxygen atoms in total. The van der Waals surface area contributed by atoms with Gasteiger partial charge in [-0.25, -0.2) is 0 Å². The van der Waals surface area contributed by atoms with Crippen LogP contribution in [0.3, 0.4) is 0 Å². The summed E-state index contributed by atoms with van der Waals surface area (Å²) in [5, 5.41) is 0. The zero-order valence-electron chi connectivity index (χ0n) is 18.4. The summed E-state index contributed by atoms with van der Waals surface area (Å²) in [4.78, 5) is 25.8. The van der Waals surface area contributed by atoms with E-state index in [1.54, 1.807) is 13.8 Å². The smallest absolute Gasteiger partial charge is 0.346 e. The molecule has 0 aromatic heterocycles. The lowest BCUT2D eigenvalue weighted by molar-refractivity contribution is -0.150. The fourth-order valence-corrected chi connectivity index (χ4v) is 8.34. The maximum absolute atomic E-state index is 13.6. The number of hydrogen-bond donors (Lipinski definition) is 0. The molecule has 2 aliphatic heterocycles. The second kappa shape index (κ2) is 9.39. The molecule has 2 aliphatic rings. The molecule has 0 N–H and O–H groups in total. The van der Waals surface area contributed by atoms with Crippen molar-refractivity contribution in [3.63, 3.8) is 0 Å². The Labute approximate surface area is 177 Å². The SMILES string of the molecule is CCOC(=O)C(C(C(=O)OCC)P1(=O)OCC(C)(C)CO1)P1(=O)OCC(C)(C)CO1. The quantitative estimate of drug-likeness (QED) is 0.404. The van der Waals surface area contributed by atoms with E-state index in [1.807, 2.05) is 27.7 Å². The molecule has 0 saturated carbocycles. The van der Waals surface area contributed by atoms with Crippen molar-refractivity contribution in [2.75, 3.05) is 39.6 Å². The molecule has 0 aromatic rings. The Morgan fingerprint density at radius 1 is 0.733 bits per heavy atom. The highest BCUT2D eigenvalue weighted by Crippen LogP contribution is 2.67. The first-order valence-corrected chi connectivity index (χ1v) is 13.1. The Morgan fingerprint density at radius 2 is 1.00 bits per heavy atom. The summed E-state index contributed by atoms with van der Waals surface area (Å²) >= 11 is 0. The average Bonchev–Trinajstić information content (AvgIpc) is 2.65. The Kier molecular flexibility index (Phi) is 7.98. The van der Waals surface area contributed by atoms with E-state index in [1.165, 1.54) is 0 Å². The fraction of sp³-hybridized carbons (Fsp3) is 0.889. The molecule has 0 aliphatic carbocycles. The number of carbonyl (C=O) groups is 2. The van der Waals surface area contributed by atoms with E-state index in [-0.39, 0.29) is 39.6 Å². The van der Waals surface area contributed by atoms with Crippen molar-refractivity contribution < 1.29 is 46.3 Å². The molecule has 2 rings (SSSR count). The van der Waals surface area contributed by atoms with Gasteiger partial charge in [-0.15, -0.1) is 0 Å². The zero-order valence-corrected chi connectivity index (χ0v) is 20.2. The van der Waals surface area contributed by atoms with E-state index in [0.717, 1.165) is 0 Å². The maximum atomic E-state index is 13.6. The fourth-order valence-electron chi connectivity index (χ4n) is 2.86. The van der Waals surface area contributed by atoms with Crippen molar-refractivity contribution in [1.82, 2.24) is 0 Å². The van der Waals surface area contributed by atoms with Crippen molar-refractivity contribution in [3.05, 3.63) is 0 Å². The van der Waals surface area contributed by atoms with E-state index >= 15 is 0 Å². The molecule has 12 heteroatoms. The van der Waals surface area contributed by atoms with Crippen LogP contribution in [0.25, 0.3) is 0 Å². The normalized spacial score (nSPS) is 26.2. The summed E-state index contributed by atoms with van der Waals surface area (Å²) in [5.74, 6) is -2.10. The molecule has 2 atom stereocenters. The monoisotopic (exact) mass is 470 g/mol. The number of ether oxygens (including phenoxy) is 2. The van der Waals surface area contributed by atoms with E-state index in [9.17, 15) is 18.7 Å². The summed E-state index contributed by atoms with van der Waals surface area (Å²) in [6.07, 6.45) is 0. The van der Waals surface area contributed by atoms with E-state index in [2.05, 4.69) is 0 Å². The van der Waals surface area contributed by atoms with Gasteiger partial charge < -0.3 is 27.6 Å². The van der Waals surface area contributed by atoms with E-state index in [0.29, 0.717) is 0 Å². The topological polar surface area (TPSA) is 124 Å². The van der Waals surface area contributed by atoms with Crippen molar-refractivity contribution in [3.8, 4) is 0 Å². The second-order valence-electron chi connectivity index (χ2n) is 8.90. The Morgan fingerprint density at radius 3 is 1.23 bits per heavy atom. The molecule has 174 valence electrons. The van der Waals surface area contributed by atoms with Gasteiger partial charge in [0.2, 0.25) is 0 Å². The number of esters is 2. The van der Waals surface area contributed by atoms with Crippen molar-refractivity contribution >= 4 is 27.1 Å².